The van der Waals surface area contributed by atoms with Gasteiger partial charge in [0.2, 0.25) is 0 Å². The third-order valence-electron chi connectivity index (χ3n) is 2.41. The zero-order chi connectivity index (χ0) is 11.1. The van der Waals surface area contributed by atoms with Crippen molar-refractivity contribution in [2.24, 2.45) is 0 Å². The van der Waals surface area contributed by atoms with Crippen LogP contribution in [0.3, 0.4) is 0 Å². The maximum atomic E-state index is 5.83. The smallest absolute Gasteiger partial charge is 0.0873 e. The van der Waals surface area contributed by atoms with E-state index in [0.29, 0.717) is 6.61 Å². The van der Waals surface area contributed by atoms with Crippen molar-refractivity contribution < 1.29 is 8.92 Å². The largest absolute Gasteiger partial charge is 0.368 e. The molecule has 0 saturated carbocycles. The van der Waals surface area contributed by atoms with Gasteiger partial charge in [-0.15, -0.1) is 0 Å². The van der Waals surface area contributed by atoms with Crippen LogP contribution >= 0.6 is 12.9 Å². The Bertz CT molecular complexity index is 258. The average molecular weight is 226 g/mol. The van der Waals surface area contributed by atoms with Crippen molar-refractivity contribution in [3.63, 3.8) is 0 Å². The first kappa shape index (κ1) is 12.6. The van der Waals surface area contributed by atoms with Crippen LogP contribution in [0.5, 0.6) is 0 Å². The SMILES string of the molecule is C=C/C=C(\C=C/C)C1CCC(COS)O1. The molecule has 1 heterocycles. The zero-order valence-electron chi connectivity index (χ0n) is 9.06. The van der Waals surface area contributed by atoms with Gasteiger partial charge in [0.25, 0.3) is 0 Å². The molecule has 1 aliphatic rings. The second kappa shape index (κ2) is 6.88. The van der Waals surface area contributed by atoms with Gasteiger partial charge in [-0.05, 0) is 38.2 Å². The molecular weight excluding hydrogens is 208 g/mol. The lowest BCUT2D eigenvalue weighted by molar-refractivity contribution is 0.0407. The van der Waals surface area contributed by atoms with Gasteiger partial charge in [0.15, 0.2) is 0 Å². The fourth-order valence-corrected chi connectivity index (χ4v) is 1.92. The van der Waals surface area contributed by atoms with Crippen LogP contribution in [0.25, 0.3) is 0 Å². The fraction of sp³-hybridized carbons (Fsp3) is 0.500. The van der Waals surface area contributed by atoms with Gasteiger partial charge < -0.3 is 8.92 Å². The van der Waals surface area contributed by atoms with Gasteiger partial charge in [-0.2, -0.15) is 0 Å². The highest BCUT2D eigenvalue weighted by atomic mass is 32.1. The molecule has 1 aliphatic heterocycles. The van der Waals surface area contributed by atoms with Crippen LogP contribution in [0.2, 0.25) is 0 Å². The Morgan fingerprint density at radius 2 is 2.40 bits per heavy atom. The molecule has 0 amide bonds. The molecule has 1 rings (SSSR count). The minimum absolute atomic E-state index is 0.172. The predicted molar refractivity (Wildman–Crippen MR) is 65.9 cm³/mol. The van der Waals surface area contributed by atoms with E-state index in [2.05, 4.69) is 25.6 Å². The standard InChI is InChI=1S/C12H18O2S/c1-3-5-10(6-4-2)12-8-7-11(14-12)9-13-15/h3-6,11-12,15H,1,7-9H2,2H3/b6-4-,10-5+. The van der Waals surface area contributed by atoms with Crippen molar-refractivity contribution in [2.75, 3.05) is 6.61 Å². The minimum Gasteiger partial charge on any atom is -0.368 e. The second-order valence-electron chi connectivity index (χ2n) is 3.52. The molecule has 2 atom stereocenters. The molecule has 2 nitrogen and oxygen atoms in total. The van der Waals surface area contributed by atoms with Crippen molar-refractivity contribution in [3.8, 4) is 0 Å². The number of thiol groups is 1. The van der Waals surface area contributed by atoms with E-state index in [-0.39, 0.29) is 12.2 Å². The third-order valence-corrected chi connectivity index (χ3v) is 2.56. The van der Waals surface area contributed by atoms with E-state index in [1.807, 2.05) is 19.1 Å². The Morgan fingerprint density at radius 1 is 1.60 bits per heavy atom. The van der Waals surface area contributed by atoms with Crippen molar-refractivity contribution >= 4 is 12.9 Å². The summed E-state index contributed by atoms with van der Waals surface area (Å²) < 4.78 is 10.6. The van der Waals surface area contributed by atoms with Gasteiger partial charge >= 0.3 is 0 Å². The van der Waals surface area contributed by atoms with Crippen molar-refractivity contribution in [2.45, 2.75) is 32.0 Å². The lowest BCUT2D eigenvalue weighted by Crippen LogP contribution is -2.15. The molecular formula is C12H18O2S. The quantitative estimate of drug-likeness (QED) is 0.441. The Morgan fingerprint density at radius 3 is 3.00 bits per heavy atom. The lowest BCUT2D eigenvalue weighted by Gasteiger charge is -2.13. The molecule has 0 N–H and O–H groups in total. The summed E-state index contributed by atoms with van der Waals surface area (Å²) in [4.78, 5) is 0. The van der Waals surface area contributed by atoms with Crippen LogP contribution in [-0.2, 0) is 8.92 Å². The summed E-state index contributed by atoms with van der Waals surface area (Å²) in [6, 6.07) is 0. The highest BCUT2D eigenvalue weighted by Gasteiger charge is 2.26. The van der Waals surface area contributed by atoms with Crippen LogP contribution in [-0.4, -0.2) is 18.8 Å². The highest BCUT2D eigenvalue weighted by molar-refractivity contribution is 7.75. The molecule has 0 bridgehead atoms. The van der Waals surface area contributed by atoms with Crippen LogP contribution in [0.15, 0.2) is 36.5 Å². The van der Waals surface area contributed by atoms with E-state index < -0.39 is 0 Å². The monoisotopic (exact) mass is 226 g/mol. The van der Waals surface area contributed by atoms with Crippen molar-refractivity contribution in [1.82, 2.24) is 0 Å². The van der Waals surface area contributed by atoms with Gasteiger partial charge in [0.05, 0.1) is 18.8 Å². The first-order valence-electron chi connectivity index (χ1n) is 5.19. The topological polar surface area (TPSA) is 18.5 Å². The van der Waals surface area contributed by atoms with Crippen LogP contribution in [0.4, 0.5) is 0 Å². The Kier molecular flexibility index (Phi) is 5.76. The zero-order valence-corrected chi connectivity index (χ0v) is 9.95. The molecule has 0 spiro atoms. The Labute approximate surface area is 97.3 Å². The molecule has 0 aromatic rings. The van der Waals surface area contributed by atoms with Gasteiger partial charge in [-0.1, -0.05) is 30.9 Å². The van der Waals surface area contributed by atoms with Crippen LogP contribution < -0.4 is 0 Å². The molecule has 0 aromatic heterocycles. The molecule has 3 heteroatoms. The first-order chi connectivity index (χ1) is 7.31. The summed E-state index contributed by atoms with van der Waals surface area (Å²) in [5.74, 6) is 0. The molecule has 84 valence electrons. The van der Waals surface area contributed by atoms with Gasteiger partial charge in [0, 0.05) is 0 Å². The molecule has 0 aliphatic carbocycles. The normalized spacial score (nSPS) is 27.5. The molecule has 2 unspecified atom stereocenters. The minimum atomic E-state index is 0.172. The molecule has 0 radical (unpaired) electrons. The molecule has 1 fully saturated rings. The van der Waals surface area contributed by atoms with E-state index in [0.717, 1.165) is 12.8 Å². The summed E-state index contributed by atoms with van der Waals surface area (Å²) in [6.07, 6.45) is 10.3. The van der Waals surface area contributed by atoms with E-state index in [1.165, 1.54) is 5.57 Å². The van der Waals surface area contributed by atoms with Crippen LogP contribution in [0, 0.1) is 0 Å². The maximum absolute atomic E-state index is 5.83. The first-order valence-corrected chi connectivity index (χ1v) is 5.55. The van der Waals surface area contributed by atoms with E-state index in [4.69, 9.17) is 8.92 Å². The molecule has 1 saturated heterocycles. The van der Waals surface area contributed by atoms with Gasteiger partial charge in [0.1, 0.15) is 0 Å². The van der Waals surface area contributed by atoms with Crippen molar-refractivity contribution in [3.05, 3.63) is 36.5 Å². The summed E-state index contributed by atoms with van der Waals surface area (Å²) >= 11 is 3.73. The van der Waals surface area contributed by atoms with Gasteiger partial charge in [-0.25, -0.2) is 0 Å². The molecule has 0 aromatic carbocycles. The lowest BCUT2D eigenvalue weighted by atomic mass is 10.1. The predicted octanol–water partition coefficient (Wildman–Crippen LogP) is 3.08. The van der Waals surface area contributed by atoms with Crippen molar-refractivity contribution in [1.29, 1.82) is 0 Å². The Balaban J connectivity index is 2.56. The number of allylic oxidation sites excluding steroid dienone is 3. The number of rotatable bonds is 5. The highest BCUT2D eigenvalue weighted by Crippen LogP contribution is 2.26. The molecule has 15 heavy (non-hydrogen) atoms. The summed E-state index contributed by atoms with van der Waals surface area (Å²) in [5.41, 5.74) is 1.18. The van der Waals surface area contributed by atoms with Crippen LogP contribution in [0.1, 0.15) is 19.8 Å². The Hall–Kier alpha value is -0.510. The maximum Gasteiger partial charge on any atom is 0.0873 e. The van der Waals surface area contributed by atoms with Gasteiger partial charge in [-0.3, -0.25) is 0 Å². The average Bonchev–Trinajstić information content (AvgIpc) is 2.67. The summed E-state index contributed by atoms with van der Waals surface area (Å²) in [6.45, 7) is 6.26. The summed E-state index contributed by atoms with van der Waals surface area (Å²) in [7, 11) is 0. The number of hydrogen-bond acceptors (Lipinski definition) is 3. The third kappa shape index (κ3) is 3.86. The number of hydrogen-bond donors (Lipinski definition) is 1. The second-order valence-corrected chi connectivity index (χ2v) is 3.78. The van der Waals surface area contributed by atoms with E-state index >= 15 is 0 Å². The summed E-state index contributed by atoms with van der Waals surface area (Å²) in [5, 5.41) is 0. The van der Waals surface area contributed by atoms with E-state index in [9.17, 15) is 0 Å². The fourth-order valence-electron chi connectivity index (χ4n) is 1.76. The van der Waals surface area contributed by atoms with E-state index in [1.54, 1.807) is 6.08 Å². The number of ether oxygens (including phenoxy) is 1.